The number of amides is 1. The van der Waals surface area contributed by atoms with E-state index in [1.165, 1.54) is 19.4 Å². The van der Waals surface area contributed by atoms with Crippen LogP contribution >= 0.6 is 11.6 Å². The van der Waals surface area contributed by atoms with Crippen LogP contribution in [0.2, 0.25) is 5.02 Å². The lowest BCUT2D eigenvalue weighted by Gasteiger charge is -2.06. The molecule has 0 atom stereocenters. The van der Waals surface area contributed by atoms with E-state index >= 15 is 0 Å². The molecule has 0 spiro atoms. The van der Waals surface area contributed by atoms with Gasteiger partial charge in [-0.25, -0.2) is 5.43 Å². The van der Waals surface area contributed by atoms with Crippen molar-refractivity contribution < 1.29 is 14.6 Å². The number of nitrogens with one attached hydrogen (secondary N) is 1. The first-order valence-electron chi connectivity index (χ1n) is 6.93. The first-order valence-corrected chi connectivity index (χ1v) is 7.31. The van der Waals surface area contributed by atoms with E-state index in [-0.39, 0.29) is 28.8 Å². The van der Waals surface area contributed by atoms with Crippen LogP contribution in [0.1, 0.15) is 16.7 Å². The molecule has 0 fully saturated rings. The third-order valence-electron chi connectivity index (χ3n) is 3.16. The lowest BCUT2D eigenvalue weighted by atomic mass is 10.1. The number of carbonyl (C=O) groups excluding carboxylic acids is 1. The van der Waals surface area contributed by atoms with Crippen LogP contribution in [0.25, 0.3) is 0 Å². The fourth-order valence-corrected chi connectivity index (χ4v) is 2.15. The Hall–Kier alpha value is -2.53. The molecule has 2 aromatic carbocycles. The summed E-state index contributed by atoms with van der Waals surface area (Å²) < 4.78 is 5.00. The van der Waals surface area contributed by atoms with E-state index in [0.717, 1.165) is 11.1 Å². The van der Waals surface area contributed by atoms with E-state index < -0.39 is 0 Å². The zero-order valence-corrected chi connectivity index (χ0v) is 13.6. The Morgan fingerprint density at radius 1 is 1.35 bits per heavy atom. The molecule has 23 heavy (non-hydrogen) atoms. The topological polar surface area (TPSA) is 70.9 Å². The number of rotatable bonds is 5. The molecule has 120 valence electrons. The molecule has 0 aliphatic rings. The van der Waals surface area contributed by atoms with E-state index in [2.05, 4.69) is 10.5 Å². The quantitative estimate of drug-likeness (QED) is 0.653. The van der Waals surface area contributed by atoms with E-state index in [1.54, 1.807) is 6.07 Å². The van der Waals surface area contributed by atoms with E-state index in [1.807, 2.05) is 31.2 Å². The molecule has 6 heteroatoms. The molecule has 0 saturated heterocycles. The number of halogens is 1. The van der Waals surface area contributed by atoms with E-state index in [9.17, 15) is 9.90 Å². The average Bonchev–Trinajstić information content (AvgIpc) is 2.53. The molecule has 0 unspecified atom stereocenters. The summed E-state index contributed by atoms with van der Waals surface area (Å²) in [7, 11) is 1.43. The smallest absolute Gasteiger partial charge is 0.244 e. The van der Waals surface area contributed by atoms with Gasteiger partial charge in [0, 0.05) is 0 Å². The van der Waals surface area contributed by atoms with Gasteiger partial charge in [0.05, 0.1) is 24.8 Å². The van der Waals surface area contributed by atoms with Crippen molar-refractivity contribution in [2.45, 2.75) is 13.3 Å². The standard InChI is InChI=1S/C17H17ClN2O3/c1-11-3-5-12(6-4-11)9-16(21)20-19-10-13-7-14(18)17(22)15(8-13)23-2/h3-8,10,22H,9H2,1-2H3,(H,20,21)/b19-10+. The Labute approximate surface area is 139 Å². The molecule has 0 bridgehead atoms. The Bertz CT molecular complexity index is 727. The number of hydrogen-bond donors (Lipinski definition) is 2. The Kier molecular flexibility index (Phi) is 5.60. The first-order chi connectivity index (χ1) is 11.0. The summed E-state index contributed by atoms with van der Waals surface area (Å²) in [4.78, 5) is 11.8. The van der Waals surface area contributed by atoms with Gasteiger partial charge in [0.15, 0.2) is 11.5 Å². The summed E-state index contributed by atoms with van der Waals surface area (Å²) >= 11 is 5.88. The van der Waals surface area contributed by atoms with Crippen molar-refractivity contribution in [1.82, 2.24) is 5.43 Å². The lowest BCUT2D eigenvalue weighted by Crippen LogP contribution is -2.19. The number of carbonyl (C=O) groups is 1. The van der Waals surface area contributed by atoms with Crippen LogP contribution < -0.4 is 10.2 Å². The van der Waals surface area contributed by atoms with Crippen molar-refractivity contribution in [3.05, 3.63) is 58.1 Å². The molecule has 0 radical (unpaired) electrons. The Morgan fingerprint density at radius 3 is 2.70 bits per heavy atom. The summed E-state index contributed by atoms with van der Waals surface area (Å²) in [6.45, 7) is 1.99. The van der Waals surface area contributed by atoms with Gasteiger partial charge >= 0.3 is 0 Å². The molecule has 2 N–H and O–H groups in total. The molecule has 5 nitrogen and oxygen atoms in total. The van der Waals surface area contributed by atoms with Crippen LogP contribution in [0.3, 0.4) is 0 Å². The summed E-state index contributed by atoms with van der Waals surface area (Å²) in [5, 5.41) is 13.7. The normalized spacial score (nSPS) is 10.7. The average molecular weight is 333 g/mol. The van der Waals surface area contributed by atoms with Gasteiger partial charge in [0.1, 0.15) is 0 Å². The molecular formula is C17H17ClN2O3. The number of hydrogen-bond acceptors (Lipinski definition) is 4. The van der Waals surface area contributed by atoms with Gasteiger partial charge in [0.2, 0.25) is 5.91 Å². The largest absolute Gasteiger partial charge is 0.503 e. The summed E-state index contributed by atoms with van der Waals surface area (Å²) in [5.74, 6) is -0.110. The van der Waals surface area contributed by atoms with Crippen molar-refractivity contribution in [1.29, 1.82) is 0 Å². The monoisotopic (exact) mass is 332 g/mol. The van der Waals surface area contributed by atoms with Crippen LogP contribution in [-0.2, 0) is 11.2 Å². The number of benzene rings is 2. The number of methoxy groups -OCH3 is 1. The van der Waals surface area contributed by atoms with Gasteiger partial charge in [0.25, 0.3) is 0 Å². The third-order valence-corrected chi connectivity index (χ3v) is 3.45. The van der Waals surface area contributed by atoms with Gasteiger partial charge in [-0.2, -0.15) is 5.10 Å². The molecule has 0 saturated carbocycles. The van der Waals surface area contributed by atoms with Gasteiger partial charge in [-0.05, 0) is 30.2 Å². The zero-order valence-electron chi connectivity index (χ0n) is 12.8. The maximum absolute atomic E-state index is 11.8. The van der Waals surface area contributed by atoms with Gasteiger partial charge in [-0.3, -0.25) is 4.79 Å². The van der Waals surface area contributed by atoms with Crippen LogP contribution in [0.5, 0.6) is 11.5 Å². The molecular weight excluding hydrogens is 316 g/mol. The van der Waals surface area contributed by atoms with Crippen molar-refractivity contribution >= 4 is 23.7 Å². The minimum absolute atomic E-state index is 0.130. The second-order valence-corrected chi connectivity index (χ2v) is 5.42. The summed E-state index contributed by atoms with van der Waals surface area (Å²) in [6, 6.07) is 10.8. The van der Waals surface area contributed by atoms with Crippen LogP contribution in [0, 0.1) is 6.92 Å². The highest BCUT2D eigenvalue weighted by Gasteiger charge is 2.08. The highest BCUT2D eigenvalue weighted by atomic mass is 35.5. The Balaban J connectivity index is 1.97. The van der Waals surface area contributed by atoms with Gasteiger partial charge in [-0.15, -0.1) is 0 Å². The second kappa shape index (κ2) is 7.65. The van der Waals surface area contributed by atoms with E-state index in [0.29, 0.717) is 5.56 Å². The third kappa shape index (κ3) is 4.72. The fraction of sp³-hybridized carbons (Fsp3) is 0.176. The minimum Gasteiger partial charge on any atom is -0.503 e. The molecule has 0 aromatic heterocycles. The minimum atomic E-state index is -0.220. The maximum atomic E-state index is 11.8. The van der Waals surface area contributed by atoms with Crippen molar-refractivity contribution in [3.63, 3.8) is 0 Å². The highest BCUT2D eigenvalue weighted by molar-refractivity contribution is 6.32. The predicted molar refractivity (Wildman–Crippen MR) is 90.3 cm³/mol. The summed E-state index contributed by atoms with van der Waals surface area (Å²) in [5.41, 5.74) is 5.11. The molecule has 2 rings (SSSR count). The van der Waals surface area contributed by atoms with E-state index in [4.69, 9.17) is 16.3 Å². The van der Waals surface area contributed by atoms with Crippen LogP contribution in [0.4, 0.5) is 0 Å². The Morgan fingerprint density at radius 2 is 2.04 bits per heavy atom. The molecule has 0 heterocycles. The molecule has 2 aromatic rings. The SMILES string of the molecule is COc1cc(/C=N/NC(=O)Cc2ccc(C)cc2)cc(Cl)c1O. The number of aromatic hydroxyl groups is 1. The highest BCUT2D eigenvalue weighted by Crippen LogP contribution is 2.34. The van der Waals surface area contributed by atoms with Crippen molar-refractivity contribution in [2.24, 2.45) is 5.10 Å². The number of phenolic OH excluding ortho intramolecular Hbond substituents is 1. The fourth-order valence-electron chi connectivity index (χ4n) is 1.93. The van der Waals surface area contributed by atoms with Crippen molar-refractivity contribution in [2.75, 3.05) is 7.11 Å². The summed E-state index contributed by atoms with van der Waals surface area (Å²) in [6.07, 6.45) is 1.68. The number of hydrazone groups is 1. The molecule has 1 amide bonds. The van der Waals surface area contributed by atoms with Crippen molar-refractivity contribution in [3.8, 4) is 11.5 Å². The maximum Gasteiger partial charge on any atom is 0.244 e. The van der Waals surface area contributed by atoms with Crippen LogP contribution in [-0.4, -0.2) is 24.3 Å². The van der Waals surface area contributed by atoms with Crippen LogP contribution in [0.15, 0.2) is 41.5 Å². The van der Waals surface area contributed by atoms with Gasteiger partial charge < -0.3 is 9.84 Å². The second-order valence-electron chi connectivity index (χ2n) is 5.01. The number of nitrogens with zero attached hydrogens (tertiary/aromatic N) is 1. The number of aryl methyl sites for hydroxylation is 1. The van der Waals surface area contributed by atoms with Gasteiger partial charge in [-0.1, -0.05) is 41.4 Å². The molecule has 0 aliphatic carbocycles. The number of phenols is 1. The first kappa shape index (κ1) is 16.8. The zero-order chi connectivity index (χ0) is 16.8. The molecule has 0 aliphatic heterocycles. The predicted octanol–water partition coefficient (Wildman–Crippen LogP) is 3.06. The lowest BCUT2D eigenvalue weighted by molar-refractivity contribution is -0.120. The number of ether oxygens (including phenoxy) is 1.